The standard InChI is InChI=1S/C25H33N9O2/c1-33(25-26-9-8-21(30-25)28-22-11-20(31-32-22)17-4-5-17)18-6-2-16(3-7-18)10-24(35)29-23-12-34(15-27-23)19-13-36-14-19/h8-9,11-12,15-19H,2-7,10,13-14H2,1H3,(H,29,35)(H2,26,28,30,31,32). The molecule has 3 aromatic rings. The minimum Gasteiger partial charge on any atom is -0.377 e. The van der Waals surface area contributed by atoms with E-state index in [2.05, 4.69) is 48.8 Å². The average molecular weight is 492 g/mol. The van der Waals surface area contributed by atoms with Crippen LogP contribution in [0.3, 0.4) is 0 Å². The summed E-state index contributed by atoms with van der Waals surface area (Å²) in [6.45, 7) is 1.41. The van der Waals surface area contributed by atoms with Gasteiger partial charge in [-0.2, -0.15) is 10.1 Å². The molecule has 11 heteroatoms. The maximum absolute atomic E-state index is 12.6. The number of aromatic nitrogens is 6. The SMILES string of the molecule is CN(c1nccc(Nc2cc(C3CC3)[nH]n2)n1)C1CCC(CC(=O)Nc2cn(C3COC3)cn2)CC1. The van der Waals surface area contributed by atoms with E-state index in [1.54, 1.807) is 12.5 Å². The quantitative estimate of drug-likeness (QED) is 0.414. The number of anilines is 4. The van der Waals surface area contributed by atoms with E-state index >= 15 is 0 Å². The topological polar surface area (TPSA) is 126 Å². The Morgan fingerprint density at radius 3 is 2.72 bits per heavy atom. The van der Waals surface area contributed by atoms with Gasteiger partial charge in [-0.15, -0.1) is 0 Å². The van der Waals surface area contributed by atoms with Crippen LogP contribution in [0.2, 0.25) is 0 Å². The number of carbonyl (C=O) groups is 1. The molecule has 0 bridgehead atoms. The van der Waals surface area contributed by atoms with Gasteiger partial charge in [-0.1, -0.05) is 0 Å². The highest BCUT2D eigenvalue weighted by atomic mass is 16.5. The molecule has 3 N–H and O–H groups in total. The second kappa shape index (κ2) is 9.88. The first-order chi connectivity index (χ1) is 17.6. The maximum atomic E-state index is 12.6. The number of ether oxygens (including phenoxy) is 1. The Hall–Kier alpha value is -3.47. The minimum absolute atomic E-state index is 0.0345. The van der Waals surface area contributed by atoms with E-state index in [-0.39, 0.29) is 5.91 Å². The van der Waals surface area contributed by atoms with Crippen LogP contribution < -0.4 is 15.5 Å². The van der Waals surface area contributed by atoms with Gasteiger partial charge in [0.05, 0.1) is 25.6 Å². The predicted octanol–water partition coefficient (Wildman–Crippen LogP) is 3.61. The van der Waals surface area contributed by atoms with Crippen molar-refractivity contribution < 1.29 is 9.53 Å². The van der Waals surface area contributed by atoms with Crippen LogP contribution in [-0.2, 0) is 9.53 Å². The number of hydrogen-bond donors (Lipinski definition) is 3. The van der Waals surface area contributed by atoms with Crippen LogP contribution in [0, 0.1) is 5.92 Å². The van der Waals surface area contributed by atoms with Crippen molar-refractivity contribution in [3.8, 4) is 0 Å². The molecule has 0 atom stereocenters. The Morgan fingerprint density at radius 1 is 1.14 bits per heavy atom. The van der Waals surface area contributed by atoms with Crippen LogP contribution in [0.15, 0.2) is 30.9 Å². The Kier molecular flexibility index (Phi) is 6.30. The van der Waals surface area contributed by atoms with Gasteiger partial charge in [-0.3, -0.25) is 9.89 Å². The third kappa shape index (κ3) is 5.20. The fourth-order valence-electron chi connectivity index (χ4n) is 5.08. The molecule has 1 saturated heterocycles. The van der Waals surface area contributed by atoms with Crippen LogP contribution in [0.1, 0.15) is 62.6 Å². The average Bonchev–Trinajstić information content (AvgIpc) is 3.44. The van der Waals surface area contributed by atoms with E-state index in [1.807, 2.05) is 16.8 Å². The lowest BCUT2D eigenvalue weighted by molar-refractivity contribution is -0.117. The largest absolute Gasteiger partial charge is 0.377 e. The lowest BCUT2D eigenvalue weighted by Crippen LogP contribution is -2.36. The van der Waals surface area contributed by atoms with Crippen molar-refractivity contribution in [2.75, 3.05) is 35.8 Å². The van der Waals surface area contributed by atoms with E-state index in [0.29, 0.717) is 55.3 Å². The Morgan fingerprint density at radius 2 is 1.97 bits per heavy atom. The van der Waals surface area contributed by atoms with Crippen molar-refractivity contribution in [2.45, 2.75) is 62.9 Å². The fraction of sp³-hybridized carbons (Fsp3) is 0.560. The summed E-state index contributed by atoms with van der Waals surface area (Å²) in [5.41, 5.74) is 1.19. The van der Waals surface area contributed by atoms with E-state index in [4.69, 9.17) is 9.72 Å². The first-order valence-electron chi connectivity index (χ1n) is 12.9. The van der Waals surface area contributed by atoms with Crippen molar-refractivity contribution in [1.82, 2.24) is 29.7 Å². The van der Waals surface area contributed by atoms with E-state index in [1.165, 1.54) is 18.5 Å². The highest BCUT2D eigenvalue weighted by Gasteiger charge is 2.28. The van der Waals surface area contributed by atoms with Crippen LogP contribution in [-0.4, -0.2) is 61.9 Å². The summed E-state index contributed by atoms with van der Waals surface area (Å²) >= 11 is 0. The number of hydrogen-bond acceptors (Lipinski definition) is 8. The number of nitrogens with zero attached hydrogens (tertiary/aromatic N) is 6. The van der Waals surface area contributed by atoms with Crippen molar-refractivity contribution in [3.05, 3.63) is 36.5 Å². The summed E-state index contributed by atoms with van der Waals surface area (Å²) < 4.78 is 7.23. The molecule has 2 aliphatic carbocycles. The van der Waals surface area contributed by atoms with Crippen LogP contribution >= 0.6 is 0 Å². The Labute approximate surface area is 210 Å². The second-order valence-corrected chi connectivity index (χ2v) is 10.3. The number of nitrogens with one attached hydrogen (secondary N) is 3. The summed E-state index contributed by atoms with van der Waals surface area (Å²) in [6.07, 6.45) is 12.5. The zero-order chi connectivity index (χ0) is 24.5. The van der Waals surface area contributed by atoms with Crippen molar-refractivity contribution >= 4 is 29.3 Å². The van der Waals surface area contributed by atoms with Crippen molar-refractivity contribution in [2.24, 2.45) is 5.92 Å². The molecule has 36 heavy (non-hydrogen) atoms. The molecule has 0 unspecified atom stereocenters. The number of imidazole rings is 1. The van der Waals surface area contributed by atoms with Crippen molar-refractivity contribution in [3.63, 3.8) is 0 Å². The highest BCUT2D eigenvalue weighted by Crippen LogP contribution is 2.39. The Bertz CT molecular complexity index is 1190. The molecule has 2 saturated carbocycles. The molecular weight excluding hydrogens is 458 g/mol. The smallest absolute Gasteiger partial charge is 0.227 e. The molecule has 3 aliphatic rings. The molecule has 1 amide bonds. The number of amides is 1. The molecule has 0 radical (unpaired) electrons. The van der Waals surface area contributed by atoms with Gasteiger partial charge in [-0.05, 0) is 50.5 Å². The van der Waals surface area contributed by atoms with Gasteiger partial charge in [-0.25, -0.2) is 9.97 Å². The molecule has 11 nitrogen and oxygen atoms in total. The minimum atomic E-state index is 0.0345. The number of H-pyrrole nitrogens is 1. The summed E-state index contributed by atoms with van der Waals surface area (Å²) in [5, 5.41) is 13.7. The number of carbonyl (C=O) groups excluding carboxylic acids is 1. The van der Waals surface area contributed by atoms with E-state index < -0.39 is 0 Å². The van der Waals surface area contributed by atoms with Gasteiger partial charge in [0.15, 0.2) is 11.6 Å². The molecule has 0 aromatic carbocycles. The van der Waals surface area contributed by atoms with Gasteiger partial charge in [0.25, 0.3) is 0 Å². The number of rotatable bonds is 9. The van der Waals surface area contributed by atoms with Crippen LogP contribution in [0.5, 0.6) is 0 Å². The monoisotopic (exact) mass is 491 g/mol. The maximum Gasteiger partial charge on any atom is 0.227 e. The third-order valence-electron chi connectivity index (χ3n) is 7.58. The second-order valence-electron chi connectivity index (χ2n) is 10.3. The van der Waals surface area contributed by atoms with E-state index in [9.17, 15) is 4.79 Å². The van der Waals surface area contributed by atoms with Crippen molar-refractivity contribution in [1.29, 1.82) is 0 Å². The fourth-order valence-corrected chi connectivity index (χ4v) is 5.08. The molecular formula is C25H33N9O2. The van der Waals surface area contributed by atoms with Gasteiger partial charge in [0, 0.05) is 49.6 Å². The molecule has 0 spiro atoms. The summed E-state index contributed by atoms with van der Waals surface area (Å²) in [5.74, 6) is 3.88. The molecule has 4 heterocycles. The van der Waals surface area contributed by atoms with Gasteiger partial charge in [0.2, 0.25) is 11.9 Å². The molecule has 190 valence electrons. The van der Waals surface area contributed by atoms with Gasteiger partial charge < -0.3 is 24.8 Å². The third-order valence-corrected chi connectivity index (χ3v) is 7.58. The molecule has 6 rings (SSSR count). The van der Waals surface area contributed by atoms with Gasteiger partial charge >= 0.3 is 0 Å². The lowest BCUT2D eigenvalue weighted by atomic mass is 9.83. The Balaban J connectivity index is 0.979. The van der Waals surface area contributed by atoms with E-state index in [0.717, 1.165) is 37.3 Å². The lowest BCUT2D eigenvalue weighted by Gasteiger charge is -2.34. The normalized spacial score (nSPS) is 22.1. The zero-order valence-corrected chi connectivity index (χ0v) is 20.6. The van der Waals surface area contributed by atoms with Crippen LogP contribution in [0.4, 0.5) is 23.4 Å². The molecule has 3 aromatic heterocycles. The first-order valence-corrected chi connectivity index (χ1v) is 12.9. The molecule has 3 fully saturated rings. The summed E-state index contributed by atoms with van der Waals surface area (Å²) in [4.78, 5) is 28.3. The molecule has 1 aliphatic heterocycles. The highest BCUT2D eigenvalue weighted by molar-refractivity contribution is 5.89. The number of aromatic amines is 1. The summed E-state index contributed by atoms with van der Waals surface area (Å²) in [7, 11) is 2.06. The zero-order valence-electron chi connectivity index (χ0n) is 20.6. The van der Waals surface area contributed by atoms with Gasteiger partial charge in [0.1, 0.15) is 5.82 Å². The predicted molar refractivity (Wildman–Crippen MR) is 135 cm³/mol. The summed E-state index contributed by atoms with van der Waals surface area (Å²) in [6, 6.07) is 4.62. The van der Waals surface area contributed by atoms with Crippen LogP contribution in [0.25, 0.3) is 0 Å². The first kappa shape index (κ1) is 23.0.